The first-order valence-electron chi connectivity index (χ1n) is 8.03. The number of carbonyl (C=O) groups is 1. The molecule has 132 valence electrons. The molecule has 0 aliphatic heterocycles. The summed E-state index contributed by atoms with van der Waals surface area (Å²) in [6.07, 6.45) is -0.524. The quantitative estimate of drug-likeness (QED) is 0.548. The fraction of sp³-hybridized carbons (Fsp3) is 0.0952. The Hall–Kier alpha value is -3.34. The smallest absolute Gasteiger partial charge is 0.341 e. The maximum atomic E-state index is 13.3. The van der Waals surface area contributed by atoms with E-state index in [1.54, 1.807) is 24.3 Å². The summed E-state index contributed by atoms with van der Waals surface area (Å²) in [5.74, 6) is -0.536. The van der Waals surface area contributed by atoms with E-state index in [1.807, 2.05) is 30.3 Å². The highest BCUT2D eigenvalue weighted by molar-refractivity contribution is 5.93. The molecule has 5 heteroatoms. The van der Waals surface area contributed by atoms with Gasteiger partial charge in [-0.25, -0.2) is 9.18 Å². The highest BCUT2D eigenvalue weighted by Gasteiger charge is 2.21. The van der Waals surface area contributed by atoms with Gasteiger partial charge < -0.3 is 15.2 Å². The van der Waals surface area contributed by atoms with Gasteiger partial charge in [-0.15, -0.1) is 0 Å². The van der Waals surface area contributed by atoms with Crippen LogP contribution in [-0.2, 0) is 4.74 Å². The molecule has 0 saturated heterocycles. The summed E-state index contributed by atoms with van der Waals surface area (Å²) in [6, 6.07) is 20.3. The third-order valence-corrected chi connectivity index (χ3v) is 3.93. The van der Waals surface area contributed by atoms with Gasteiger partial charge in [0, 0.05) is 5.69 Å². The molecule has 0 heterocycles. The molecular weight excluding hydrogens is 333 g/mol. The summed E-state index contributed by atoms with van der Waals surface area (Å²) in [7, 11) is 1.30. The maximum Gasteiger partial charge on any atom is 0.341 e. The molecule has 2 N–H and O–H groups in total. The number of anilines is 1. The zero-order chi connectivity index (χ0) is 18.5. The van der Waals surface area contributed by atoms with E-state index in [0.717, 1.165) is 11.1 Å². The van der Waals surface area contributed by atoms with Crippen LogP contribution in [0.15, 0.2) is 72.8 Å². The van der Waals surface area contributed by atoms with Gasteiger partial charge in [0.2, 0.25) is 0 Å². The number of hydrogen-bond acceptors (Lipinski definition) is 4. The lowest BCUT2D eigenvalue weighted by Crippen LogP contribution is -2.13. The Morgan fingerprint density at radius 3 is 2.27 bits per heavy atom. The lowest BCUT2D eigenvalue weighted by atomic mass is 10.0. The lowest BCUT2D eigenvalue weighted by Gasteiger charge is -2.21. The first-order valence-corrected chi connectivity index (χ1v) is 8.03. The van der Waals surface area contributed by atoms with Crippen molar-refractivity contribution in [2.24, 2.45) is 0 Å². The fourth-order valence-electron chi connectivity index (χ4n) is 2.64. The highest BCUT2D eigenvalue weighted by Crippen LogP contribution is 2.32. The standard InChI is InChI=1S/C21H18FNO3/c1-25-21(24)18-13-17(23)11-12-19(18)26-20(14-5-3-2-4-6-14)15-7-9-16(22)10-8-15/h2-13,20H,23H2,1H3. The van der Waals surface area contributed by atoms with Crippen LogP contribution in [0.2, 0.25) is 0 Å². The van der Waals surface area contributed by atoms with Crippen LogP contribution in [-0.4, -0.2) is 13.1 Å². The number of rotatable bonds is 5. The Morgan fingerprint density at radius 2 is 1.62 bits per heavy atom. The van der Waals surface area contributed by atoms with Crippen LogP contribution in [0.1, 0.15) is 27.6 Å². The third-order valence-electron chi connectivity index (χ3n) is 3.93. The van der Waals surface area contributed by atoms with E-state index < -0.39 is 12.1 Å². The van der Waals surface area contributed by atoms with Gasteiger partial charge in [0.1, 0.15) is 23.2 Å². The summed E-state index contributed by atoms with van der Waals surface area (Å²) < 4.78 is 24.3. The predicted octanol–water partition coefficient (Wildman–Crippen LogP) is 4.36. The number of nitrogens with two attached hydrogens (primary N) is 1. The predicted molar refractivity (Wildman–Crippen MR) is 97.5 cm³/mol. The van der Waals surface area contributed by atoms with E-state index in [9.17, 15) is 9.18 Å². The summed E-state index contributed by atoms with van der Waals surface area (Å²) in [4.78, 5) is 12.1. The van der Waals surface area contributed by atoms with Crippen LogP contribution < -0.4 is 10.5 Å². The molecule has 1 atom stereocenters. The molecular formula is C21H18FNO3. The van der Waals surface area contributed by atoms with Crippen molar-refractivity contribution in [1.82, 2.24) is 0 Å². The fourth-order valence-corrected chi connectivity index (χ4v) is 2.64. The molecule has 0 fully saturated rings. The molecule has 0 spiro atoms. The number of esters is 1. The Labute approximate surface area is 151 Å². The molecule has 3 aromatic rings. The average molecular weight is 351 g/mol. The first kappa shape index (κ1) is 17.5. The second-order valence-electron chi connectivity index (χ2n) is 5.71. The maximum absolute atomic E-state index is 13.3. The van der Waals surface area contributed by atoms with E-state index in [4.69, 9.17) is 15.2 Å². The zero-order valence-electron chi connectivity index (χ0n) is 14.2. The molecule has 26 heavy (non-hydrogen) atoms. The molecule has 3 aromatic carbocycles. The van der Waals surface area contributed by atoms with Crippen molar-refractivity contribution < 1.29 is 18.7 Å². The van der Waals surface area contributed by atoms with Crippen molar-refractivity contribution >= 4 is 11.7 Å². The van der Waals surface area contributed by atoms with Crippen molar-refractivity contribution in [3.63, 3.8) is 0 Å². The largest absolute Gasteiger partial charge is 0.480 e. The van der Waals surface area contributed by atoms with Gasteiger partial charge in [-0.1, -0.05) is 42.5 Å². The van der Waals surface area contributed by atoms with Gasteiger partial charge in [-0.05, 0) is 41.5 Å². The Morgan fingerprint density at radius 1 is 0.962 bits per heavy atom. The van der Waals surface area contributed by atoms with Crippen LogP contribution in [0, 0.1) is 5.82 Å². The number of methoxy groups -OCH3 is 1. The summed E-state index contributed by atoms with van der Waals surface area (Å²) in [5.41, 5.74) is 8.07. The number of nitrogen functional groups attached to an aromatic ring is 1. The number of carbonyl (C=O) groups excluding carboxylic acids is 1. The molecule has 0 amide bonds. The number of ether oxygens (including phenoxy) is 2. The molecule has 3 rings (SSSR count). The highest BCUT2D eigenvalue weighted by atomic mass is 19.1. The monoisotopic (exact) mass is 351 g/mol. The van der Waals surface area contributed by atoms with Crippen LogP contribution in [0.3, 0.4) is 0 Å². The van der Waals surface area contributed by atoms with Crippen molar-refractivity contribution in [2.75, 3.05) is 12.8 Å². The van der Waals surface area contributed by atoms with Gasteiger partial charge >= 0.3 is 5.97 Å². The molecule has 0 aromatic heterocycles. The SMILES string of the molecule is COC(=O)c1cc(N)ccc1OC(c1ccccc1)c1ccc(F)cc1. The zero-order valence-corrected chi connectivity index (χ0v) is 14.2. The first-order chi connectivity index (χ1) is 12.6. The van der Waals surface area contributed by atoms with Crippen molar-refractivity contribution in [2.45, 2.75) is 6.10 Å². The van der Waals surface area contributed by atoms with E-state index >= 15 is 0 Å². The van der Waals surface area contributed by atoms with E-state index in [2.05, 4.69) is 0 Å². The van der Waals surface area contributed by atoms with Crippen molar-refractivity contribution in [3.05, 3.63) is 95.3 Å². The summed E-state index contributed by atoms with van der Waals surface area (Å²) in [5, 5.41) is 0. The van der Waals surface area contributed by atoms with Crippen molar-refractivity contribution in [1.29, 1.82) is 0 Å². The van der Waals surface area contributed by atoms with Crippen LogP contribution >= 0.6 is 0 Å². The number of hydrogen-bond donors (Lipinski definition) is 1. The molecule has 0 radical (unpaired) electrons. The van der Waals surface area contributed by atoms with E-state index in [1.165, 1.54) is 25.3 Å². The average Bonchev–Trinajstić information content (AvgIpc) is 2.68. The van der Waals surface area contributed by atoms with Gasteiger partial charge in [0.25, 0.3) is 0 Å². The van der Waals surface area contributed by atoms with E-state index in [0.29, 0.717) is 11.4 Å². The number of benzene rings is 3. The summed E-state index contributed by atoms with van der Waals surface area (Å²) >= 11 is 0. The molecule has 0 bridgehead atoms. The van der Waals surface area contributed by atoms with Crippen LogP contribution in [0.4, 0.5) is 10.1 Å². The van der Waals surface area contributed by atoms with Crippen LogP contribution in [0.25, 0.3) is 0 Å². The van der Waals surface area contributed by atoms with Crippen LogP contribution in [0.5, 0.6) is 5.75 Å². The van der Waals surface area contributed by atoms with Gasteiger partial charge in [-0.3, -0.25) is 0 Å². The van der Waals surface area contributed by atoms with Gasteiger partial charge in [0.15, 0.2) is 0 Å². The lowest BCUT2D eigenvalue weighted by molar-refractivity contribution is 0.0594. The van der Waals surface area contributed by atoms with E-state index in [-0.39, 0.29) is 11.4 Å². The molecule has 1 unspecified atom stereocenters. The normalized spacial score (nSPS) is 11.6. The van der Waals surface area contributed by atoms with Gasteiger partial charge in [0.05, 0.1) is 7.11 Å². The Balaban J connectivity index is 2.04. The molecule has 0 saturated carbocycles. The molecule has 0 aliphatic carbocycles. The van der Waals surface area contributed by atoms with Crippen molar-refractivity contribution in [3.8, 4) is 5.75 Å². The minimum absolute atomic E-state index is 0.232. The van der Waals surface area contributed by atoms with Gasteiger partial charge in [-0.2, -0.15) is 0 Å². The Bertz CT molecular complexity index is 895. The molecule has 0 aliphatic rings. The molecule has 4 nitrogen and oxygen atoms in total. The minimum Gasteiger partial charge on any atom is -0.480 e. The summed E-state index contributed by atoms with van der Waals surface area (Å²) in [6.45, 7) is 0. The second-order valence-corrected chi connectivity index (χ2v) is 5.71. The Kier molecular flexibility index (Phi) is 5.17. The minimum atomic E-state index is -0.543. The number of halogens is 1. The second kappa shape index (κ2) is 7.70. The third kappa shape index (κ3) is 3.83. The topological polar surface area (TPSA) is 61.5 Å².